The molecule has 1 atom stereocenters. The zero-order valence-corrected chi connectivity index (χ0v) is 16.5. The molecule has 25 heavy (non-hydrogen) atoms. The van der Waals surface area contributed by atoms with E-state index in [0.29, 0.717) is 17.7 Å². The van der Waals surface area contributed by atoms with Gasteiger partial charge in [0.25, 0.3) is 5.69 Å². The molecule has 0 radical (unpaired) electrons. The van der Waals surface area contributed by atoms with E-state index in [-0.39, 0.29) is 21.8 Å². The predicted molar refractivity (Wildman–Crippen MR) is 102 cm³/mol. The second-order valence-electron chi connectivity index (χ2n) is 8.29. The summed E-state index contributed by atoms with van der Waals surface area (Å²) in [4.78, 5) is 13.3. The summed E-state index contributed by atoms with van der Waals surface area (Å²) in [6.45, 7) is 12.6. The van der Waals surface area contributed by atoms with Crippen molar-refractivity contribution in [3.8, 4) is 0 Å². The van der Waals surface area contributed by atoms with Gasteiger partial charge in [-0.25, -0.2) is 0 Å². The minimum atomic E-state index is -1.84. The third-order valence-corrected chi connectivity index (χ3v) is 10.0. The Kier molecular flexibility index (Phi) is 4.36. The molecular weight excluding hydrogens is 336 g/mol. The number of nitrogens with zero attached hydrogens (tertiary/aromatic N) is 3. The van der Waals surface area contributed by atoms with Crippen molar-refractivity contribution >= 4 is 30.6 Å². The van der Waals surface area contributed by atoms with Crippen LogP contribution < -0.4 is 4.90 Å². The van der Waals surface area contributed by atoms with E-state index >= 15 is 0 Å². The first-order valence-corrected chi connectivity index (χ1v) is 11.5. The van der Waals surface area contributed by atoms with Gasteiger partial charge in [-0.3, -0.25) is 15.2 Å². The minimum Gasteiger partial charge on any atom is -0.412 e. The molecule has 3 rings (SSSR count). The van der Waals surface area contributed by atoms with Crippen LogP contribution in [0.15, 0.2) is 18.3 Å². The number of H-pyrrole nitrogens is 1. The Balaban J connectivity index is 1.83. The Labute approximate surface area is 148 Å². The van der Waals surface area contributed by atoms with Gasteiger partial charge in [0.1, 0.15) is 5.69 Å². The van der Waals surface area contributed by atoms with E-state index in [4.69, 9.17) is 4.43 Å². The van der Waals surface area contributed by atoms with Gasteiger partial charge < -0.3 is 9.33 Å². The molecule has 1 aliphatic heterocycles. The maximum absolute atomic E-state index is 11.5. The first-order chi connectivity index (χ1) is 11.6. The molecule has 1 saturated heterocycles. The van der Waals surface area contributed by atoms with Gasteiger partial charge in [-0.05, 0) is 30.6 Å². The molecule has 1 unspecified atom stereocenters. The fourth-order valence-electron chi connectivity index (χ4n) is 3.00. The van der Waals surface area contributed by atoms with Gasteiger partial charge in [-0.2, -0.15) is 5.10 Å². The number of anilines is 1. The van der Waals surface area contributed by atoms with E-state index in [1.54, 1.807) is 12.3 Å². The zero-order chi connectivity index (χ0) is 18.4. The largest absolute Gasteiger partial charge is 0.412 e. The number of nitro groups is 1. The highest BCUT2D eigenvalue weighted by molar-refractivity contribution is 6.74. The number of fused-ring (bicyclic) bond motifs is 1. The first kappa shape index (κ1) is 17.9. The van der Waals surface area contributed by atoms with Crippen LogP contribution in [0.3, 0.4) is 0 Å². The molecule has 136 valence electrons. The summed E-state index contributed by atoms with van der Waals surface area (Å²) in [5.41, 5.74) is 1.45. The maximum Gasteiger partial charge on any atom is 0.294 e. The van der Waals surface area contributed by atoms with Crippen molar-refractivity contribution in [1.29, 1.82) is 0 Å². The molecule has 0 spiro atoms. The Morgan fingerprint density at radius 2 is 2.12 bits per heavy atom. The van der Waals surface area contributed by atoms with Gasteiger partial charge in [-0.1, -0.05) is 20.8 Å². The van der Waals surface area contributed by atoms with Crippen molar-refractivity contribution < 1.29 is 9.35 Å². The molecule has 1 fully saturated rings. The van der Waals surface area contributed by atoms with E-state index < -0.39 is 8.32 Å². The van der Waals surface area contributed by atoms with Crippen molar-refractivity contribution in [2.24, 2.45) is 0 Å². The van der Waals surface area contributed by atoms with Crippen LogP contribution in [-0.4, -0.2) is 42.6 Å². The van der Waals surface area contributed by atoms with Crippen LogP contribution in [0, 0.1) is 10.1 Å². The Hall–Kier alpha value is -1.93. The highest BCUT2D eigenvalue weighted by Crippen LogP contribution is 2.40. The van der Waals surface area contributed by atoms with E-state index in [1.165, 1.54) is 0 Å². The van der Waals surface area contributed by atoms with Gasteiger partial charge in [0, 0.05) is 24.5 Å². The molecule has 2 aromatic rings. The molecule has 0 aliphatic carbocycles. The molecule has 1 aliphatic rings. The lowest BCUT2D eigenvalue weighted by Crippen LogP contribution is -2.44. The number of nitrogens with one attached hydrogen (secondary N) is 1. The number of aromatic amines is 1. The SMILES string of the molecule is CC(C)(C)[Si](C)(C)OC1CCN(c2cc3cn[nH]c3cc2[N+](=O)[O-])C1. The molecule has 1 aromatic heterocycles. The van der Waals surface area contributed by atoms with Crippen LogP contribution in [-0.2, 0) is 4.43 Å². The Bertz CT molecular complexity index is 797. The number of aromatic nitrogens is 2. The minimum absolute atomic E-state index is 0.115. The van der Waals surface area contributed by atoms with Crippen molar-refractivity contribution in [2.75, 3.05) is 18.0 Å². The van der Waals surface area contributed by atoms with Gasteiger partial charge in [-0.15, -0.1) is 0 Å². The fraction of sp³-hybridized carbons (Fsp3) is 0.588. The van der Waals surface area contributed by atoms with Gasteiger partial charge >= 0.3 is 0 Å². The number of nitro benzene ring substituents is 1. The molecule has 1 N–H and O–H groups in total. The smallest absolute Gasteiger partial charge is 0.294 e. The van der Waals surface area contributed by atoms with Crippen LogP contribution in [0.5, 0.6) is 0 Å². The molecule has 0 saturated carbocycles. The van der Waals surface area contributed by atoms with Crippen molar-refractivity contribution in [1.82, 2.24) is 10.2 Å². The lowest BCUT2D eigenvalue weighted by atomic mass is 10.2. The molecular formula is C17H26N4O3Si. The monoisotopic (exact) mass is 362 g/mol. The van der Waals surface area contributed by atoms with E-state index in [1.807, 2.05) is 6.07 Å². The molecule has 0 amide bonds. The van der Waals surface area contributed by atoms with Crippen molar-refractivity contribution in [2.45, 2.75) is 51.4 Å². The molecule has 1 aromatic carbocycles. The van der Waals surface area contributed by atoms with Crippen LogP contribution in [0.1, 0.15) is 27.2 Å². The highest BCUT2D eigenvalue weighted by Gasteiger charge is 2.41. The summed E-state index contributed by atoms with van der Waals surface area (Å²) in [5.74, 6) is 0. The molecule has 2 heterocycles. The van der Waals surface area contributed by atoms with E-state index in [9.17, 15) is 10.1 Å². The normalized spacial score (nSPS) is 18.9. The molecule has 0 bridgehead atoms. The Morgan fingerprint density at radius 3 is 2.76 bits per heavy atom. The highest BCUT2D eigenvalue weighted by atomic mass is 28.4. The first-order valence-electron chi connectivity index (χ1n) is 8.63. The molecule has 7 nitrogen and oxygen atoms in total. The average Bonchev–Trinajstić information content (AvgIpc) is 3.12. The number of benzene rings is 1. The van der Waals surface area contributed by atoms with Crippen LogP contribution in [0.25, 0.3) is 10.9 Å². The van der Waals surface area contributed by atoms with Crippen LogP contribution in [0.2, 0.25) is 18.1 Å². The van der Waals surface area contributed by atoms with Crippen LogP contribution in [0.4, 0.5) is 11.4 Å². The fourth-order valence-corrected chi connectivity index (χ4v) is 4.38. The molecule has 8 heteroatoms. The van der Waals surface area contributed by atoms with E-state index in [0.717, 1.165) is 18.4 Å². The standard InChI is InChI=1S/C17H26N4O3Si/c1-17(2,3)25(4,5)24-13-6-7-20(11-13)15-8-12-10-18-19-14(12)9-16(15)21(22)23/h8-10,13H,6-7,11H2,1-5H3,(H,18,19). The third-order valence-electron chi connectivity index (χ3n) is 5.49. The lowest BCUT2D eigenvalue weighted by molar-refractivity contribution is -0.384. The summed E-state index contributed by atoms with van der Waals surface area (Å²) in [6, 6.07) is 3.42. The number of hydrogen-bond donors (Lipinski definition) is 1. The third kappa shape index (κ3) is 3.41. The van der Waals surface area contributed by atoms with Crippen molar-refractivity contribution in [3.05, 3.63) is 28.4 Å². The number of rotatable bonds is 4. The van der Waals surface area contributed by atoms with E-state index in [2.05, 4.69) is 49.0 Å². The summed E-state index contributed by atoms with van der Waals surface area (Å²) in [6.07, 6.45) is 2.72. The Morgan fingerprint density at radius 1 is 1.40 bits per heavy atom. The maximum atomic E-state index is 11.5. The van der Waals surface area contributed by atoms with Crippen LogP contribution >= 0.6 is 0 Å². The zero-order valence-electron chi connectivity index (χ0n) is 15.5. The summed E-state index contributed by atoms with van der Waals surface area (Å²) < 4.78 is 6.50. The second kappa shape index (κ2) is 6.10. The van der Waals surface area contributed by atoms with Gasteiger partial charge in [0.15, 0.2) is 8.32 Å². The summed E-state index contributed by atoms with van der Waals surface area (Å²) in [7, 11) is -1.84. The van der Waals surface area contributed by atoms with Crippen molar-refractivity contribution in [3.63, 3.8) is 0 Å². The summed E-state index contributed by atoms with van der Waals surface area (Å²) >= 11 is 0. The van der Waals surface area contributed by atoms with Gasteiger partial charge in [0.2, 0.25) is 0 Å². The second-order valence-corrected chi connectivity index (χ2v) is 13.0. The number of hydrogen-bond acceptors (Lipinski definition) is 5. The predicted octanol–water partition coefficient (Wildman–Crippen LogP) is 4.07. The summed E-state index contributed by atoms with van der Waals surface area (Å²) in [5, 5.41) is 19.3. The topological polar surface area (TPSA) is 84.3 Å². The quantitative estimate of drug-likeness (QED) is 0.503. The average molecular weight is 363 g/mol. The lowest BCUT2D eigenvalue weighted by Gasteiger charge is -2.38. The van der Waals surface area contributed by atoms with Gasteiger partial charge in [0.05, 0.1) is 22.7 Å².